The van der Waals surface area contributed by atoms with Crippen molar-refractivity contribution in [3.63, 3.8) is 0 Å². The summed E-state index contributed by atoms with van der Waals surface area (Å²) in [5.41, 5.74) is 0.00236. The van der Waals surface area contributed by atoms with Crippen LogP contribution in [0.5, 0.6) is 0 Å². The Kier molecular flexibility index (Phi) is 2.99. The monoisotopic (exact) mass is 244 g/mol. The standard InChI is InChI=1S/C11H16O6/c1-11(2)16-6-4-5(10(14)15-3)7(12)8(13)9(6)17-11/h4,6-9,12-13H,1-3H3/t6-,7-,8-,9-/m1/s1. The van der Waals surface area contributed by atoms with Crippen LogP contribution in [0.1, 0.15) is 13.8 Å². The summed E-state index contributed by atoms with van der Waals surface area (Å²) in [4.78, 5) is 11.4. The van der Waals surface area contributed by atoms with Crippen molar-refractivity contribution in [2.24, 2.45) is 0 Å². The molecule has 0 unspecified atom stereocenters. The van der Waals surface area contributed by atoms with Crippen molar-refractivity contribution in [2.45, 2.75) is 44.1 Å². The van der Waals surface area contributed by atoms with Crippen LogP contribution in [0.3, 0.4) is 0 Å². The van der Waals surface area contributed by atoms with Crippen molar-refractivity contribution in [3.05, 3.63) is 11.6 Å². The highest BCUT2D eigenvalue weighted by atomic mass is 16.8. The molecule has 2 N–H and O–H groups in total. The van der Waals surface area contributed by atoms with Gasteiger partial charge in [-0.2, -0.15) is 0 Å². The summed E-state index contributed by atoms with van der Waals surface area (Å²) in [6.07, 6.45) is -2.31. The third-order valence-corrected chi connectivity index (χ3v) is 2.91. The summed E-state index contributed by atoms with van der Waals surface area (Å²) in [5, 5.41) is 19.7. The number of ether oxygens (including phenoxy) is 3. The smallest absolute Gasteiger partial charge is 0.336 e. The van der Waals surface area contributed by atoms with E-state index in [1.54, 1.807) is 13.8 Å². The van der Waals surface area contributed by atoms with Crippen molar-refractivity contribution in [2.75, 3.05) is 7.11 Å². The minimum absolute atomic E-state index is 0.00236. The van der Waals surface area contributed by atoms with Gasteiger partial charge in [0.1, 0.15) is 24.4 Å². The first kappa shape index (κ1) is 12.5. The molecule has 1 saturated heterocycles. The maximum Gasteiger partial charge on any atom is 0.336 e. The van der Waals surface area contributed by atoms with Crippen LogP contribution in [-0.2, 0) is 19.0 Å². The number of aliphatic hydroxyl groups is 2. The van der Waals surface area contributed by atoms with E-state index in [9.17, 15) is 15.0 Å². The predicted octanol–water partition coefficient (Wildman–Crippen LogP) is -0.659. The Morgan fingerprint density at radius 2 is 2.06 bits per heavy atom. The quantitative estimate of drug-likeness (QED) is 0.596. The molecule has 17 heavy (non-hydrogen) atoms. The van der Waals surface area contributed by atoms with Gasteiger partial charge in [-0.05, 0) is 19.9 Å². The number of carbonyl (C=O) groups excluding carboxylic acids is 1. The van der Waals surface area contributed by atoms with E-state index < -0.39 is 36.2 Å². The number of rotatable bonds is 1. The Hall–Kier alpha value is -0.950. The van der Waals surface area contributed by atoms with Crippen molar-refractivity contribution in [1.29, 1.82) is 0 Å². The molecule has 1 aliphatic heterocycles. The van der Waals surface area contributed by atoms with Gasteiger partial charge in [0.25, 0.3) is 0 Å². The van der Waals surface area contributed by atoms with E-state index in [2.05, 4.69) is 4.74 Å². The van der Waals surface area contributed by atoms with Gasteiger partial charge in [-0.15, -0.1) is 0 Å². The van der Waals surface area contributed by atoms with Crippen LogP contribution in [0.2, 0.25) is 0 Å². The van der Waals surface area contributed by atoms with Gasteiger partial charge in [0, 0.05) is 0 Å². The minimum Gasteiger partial charge on any atom is -0.466 e. The van der Waals surface area contributed by atoms with Crippen LogP contribution in [0, 0.1) is 0 Å². The minimum atomic E-state index is -1.32. The number of aliphatic hydroxyl groups excluding tert-OH is 2. The van der Waals surface area contributed by atoms with Crippen molar-refractivity contribution >= 4 is 5.97 Å². The van der Waals surface area contributed by atoms with Gasteiger partial charge in [0.15, 0.2) is 5.79 Å². The first-order valence-corrected chi connectivity index (χ1v) is 5.37. The summed E-state index contributed by atoms with van der Waals surface area (Å²) in [5.74, 6) is -1.53. The SMILES string of the molecule is COC(=O)C1=C[C@H]2OC(C)(C)O[C@H]2[C@H](O)[C@@H]1O. The highest BCUT2D eigenvalue weighted by Gasteiger charge is 2.50. The highest BCUT2D eigenvalue weighted by molar-refractivity contribution is 5.90. The number of hydrogen-bond acceptors (Lipinski definition) is 6. The zero-order chi connectivity index (χ0) is 12.8. The highest BCUT2D eigenvalue weighted by Crippen LogP contribution is 2.36. The summed E-state index contributed by atoms with van der Waals surface area (Å²) < 4.78 is 15.5. The zero-order valence-electron chi connectivity index (χ0n) is 9.91. The van der Waals surface area contributed by atoms with Gasteiger partial charge >= 0.3 is 5.97 Å². The molecule has 1 aliphatic carbocycles. The lowest BCUT2D eigenvalue weighted by atomic mass is 9.89. The van der Waals surface area contributed by atoms with Gasteiger partial charge in [-0.3, -0.25) is 0 Å². The molecular formula is C11H16O6. The van der Waals surface area contributed by atoms with Crippen molar-refractivity contribution in [1.82, 2.24) is 0 Å². The maximum absolute atomic E-state index is 11.4. The fourth-order valence-corrected chi connectivity index (χ4v) is 2.16. The Morgan fingerprint density at radius 1 is 1.41 bits per heavy atom. The van der Waals surface area contributed by atoms with Crippen LogP contribution in [0.4, 0.5) is 0 Å². The van der Waals surface area contributed by atoms with E-state index in [0.29, 0.717) is 0 Å². The van der Waals surface area contributed by atoms with Crippen LogP contribution in [-0.4, -0.2) is 53.5 Å². The fraction of sp³-hybridized carbons (Fsp3) is 0.727. The van der Waals surface area contributed by atoms with Crippen LogP contribution in [0.25, 0.3) is 0 Å². The van der Waals surface area contributed by atoms with Crippen molar-refractivity contribution < 1.29 is 29.2 Å². The number of esters is 1. The van der Waals surface area contributed by atoms with E-state index in [4.69, 9.17) is 9.47 Å². The molecule has 0 saturated carbocycles. The van der Waals surface area contributed by atoms with E-state index in [1.807, 2.05) is 0 Å². The van der Waals surface area contributed by atoms with Crippen LogP contribution >= 0.6 is 0 Å². The average molecular weight is 244 g/mol. The Morgan fingerprint density at radius 3 is 2.65 bits per heavy atom. The molecule has 2 rings (SSSR count). The second-order valence-electron chi connectivity index (χ2n) is 4.61. The Labute approximate surface area is 98.8 Å². The third kappa shape index (κ3) is 2.09. The maximum atomic E-state index is 11.4. The molecule has 96 valence electrons. The second kappa shape index (κ2) is 4.06. The van der Waals surface area contributed by atoms with Gasteiger partial charge in [-0.25, -0.2) is 4.79 Å². The normalized spacial score (nSPS) is 39.5. The average Bonchev–Trinajstić information content (AvgIpc) is 2.57. The lowest BCUT2D eigenvalue weighted by Crippen LogP contribution is -2.48. The van der Waals surface area contributed by atoms with E-state index in [1.165, 1.54) is 13.2 Å². The van der Waals surface area contributed by atoms with Crippen LogP contribution < -0.4 is 0 Å². The second-order valence-corrected chi connectivity index (χ2v) is 4.61. The molecule has 0 amide bonds. The van der Waals surface area contributed by atoms with Crippen molar-refractivity contribution in [3.8, 4) is 0 Å². The topological polar surface area (TPSA) is 85.2 Å². The molecule has 0 aromatic heterocycles. The number of methoxy groups -OCH3 is 1. The summed E-state index contributed by atoms with van der Waals surface area (Å²) in [7, 11) is 1.21. The van der Waals surface area contributed by atoms with E-state index in [0.717, 1.165) is 0 Å². The largest absolute Gasteiger partial charge is 0.466 e. The number of fused-ring (bicyclic) bond motifs is 1. The Balaban J connectivity index is 2.30. The molecular weight excluding hydrogens is 228 g/mol. The summed E-state index contributed by atoms with van der Waals surface area (Å²) in [6.45, 7) is 3.41. The predicted molar refractivity (Wildman–Crippen MR) is 55.9 cm³/mol. The zero-order valence-corrected chi connectivity index (χ0v) is 9.91. The molecule has 0 spiro atoms. The molecule has 1 heterocycles. The van der Waals surface area contributed by atoms with Gasteiger partial charge in [0.2, 0.25) is 0 Å². The lowest BCUT2D eigenvalue weighted by molar-refractivity contribution is -0.159. The molecule has 0 aromatic carbocycles. The molecule has 4 atom stereocenters. The van der Waals surface area contributed by atoms with Gasteiger partial charge < -0.3 is 24.4 Å². The van der Waals surface area contributed by atoms with E-state index >= 15 is 0 Å². The van der Waals surface area contributed by atoms with Gasteiger partial charge in [0.05, 0.1) is 12.7 Å². The molecule has 0 aromatic rings. The first-order valence-electron chi connectivity index (χ1n) is 5.37. The lowest BCUT2D eigenvalue weighted by Gasteiger charge is -2.30. The van der Waals surface area contributed by atoms with Crippen LogP contribution in [0.15, 0.2) is 11.6 Å². The molecule has 2 aliphatic rings. The molecule has 1 fully saturated rings. The first-order chi connectivity index (χ1) is 7.85. The molecule has 6 heteroatoms. The summed E-state index contributed by atoms with van der Waals surface area (Å²) in [6, 6.07) is 0. The van der Waals surface area contributed by atoms with E-state index in [-0.39, 0.29) is 5.57 Å². The summed E-state index contributed by atoms with van der Waals surface area (Å²) >= 11 is 0. The Bertz CT molecular complexity index is 361. The third-order valence-electron chi connectivity index (χ3n) is 2.91. The molecule has 0 bridgehead atoms. The fourth-order valence-electron chi connectivity index (χ4n) is 2.16. The molecule has 6 nitrogen and oxygen atoms in total. The molecule has 0 radical (unpaired) electrons. The number of carbonyl (C=O) groups is 1. The van der Waals surface area contributed by atoms with Gasteiger partial charge in [-0.1, -0.05) is 0 Å². The number of hydrogen-bond donors (Lipinski definition) is 2.